The Hall–Kier alpha value is -0.600. The SMILES string of the molecule is COC1(OC)C=CC=C1. The molecule has 0 radical (unpaired) electrons. The van der Waals surface area contributed by atoms with Crippen molar-refractivity contribution < 1.29 is 9.47 Å². The van der Waals surface area contributed by atoms with Crippen molar-refractivity contribution in [3.05, 3.63) is 24.3 Å². The molecule has 0 fully saturated rings. The zero-order chi connectivity index (χ0) is 6.74. The molecule has 0 aliphatic heterocycles. The van der Waals surface area contributed by atoms with Gasteiger partial charge in [0.2, 0.25) is 5.79 Å². The summed E-state index contributed by atoms with van der Waals surface area (Å²) in [6.45, 7) is 0. The smallest absolute Gasteiger partial charge is 0.208 e. The molecule has 0 heterocycles. The molecule has 1 aliphatic rings. The number of allylic oxidation sites excluding steroid dienone is 2. The van der Waals surface area contributed by atoms with E-state index in [1.165, 1.54) is 0 Å². The molecular formula is C7H10O2. The van der Waals surface area contributed by atoms with Gasteiger partial charge in [0.1, 0.15) is 0 Å². The number of hydrogen-bond acceptors (Lipinski definition) is 2. The Kier molecular flexibility index (Phi) is 1.69. The minimum absolute atomic E-state index is 0.583. The molecule has 1 aliphatic carbocycles. The first-order valence-electron chi connectivity index (χ1n) is 2.80. The topological polar surface area (TPSA) is 18.5 Å². The fourth-order valence-electron chi connectivity index (χ4n) is 0.790. The molecular weight excluding hydrogens is 116 g/mol. The highest BCUT2D eigenvalue weighted by Gasteiger charge is 2.23. The normalized spacial score (nSPS) is 21.1. The number of rotatable bonds is 2. The Bertz CT molecular complexity index is 129. The largest absolute Gasteiger partial charge is 0.346 e. The van der Waals surface area contributed by atoms with Crippen LogP contribution in [0.1, 0.15) is 0 Å². The first kappa shape index (κ1) is 6.52. The van der Waals surface area contributed by atoms with Gasteiger partial charge in [0.15, 0.2) is 0 Å². The summed E-state index contributed by atoms with van der Waals surface area (Å²) in [7, 11) is 3.23. The number of ether oxygens (including phenoxy) is 2. The van der Waals surface area contributed by atoms with Crippen LogP contribution >= 0.6 is 0 Å². The van der Waals surface area contributed by atoms with Crippen molar-refractivity contribution in [1.82, 2.24) is 0 Å². The predicted octanol–water partition coefficient (Wildman–Crippen LogP) is 1.10. The van der Waals surface area contributed by atoms with Crippen molar-refractivity contribution >= 4 is 0 Å². The third-order valence-corrected chi connectivity index (χ3v) is 1.41. The monoisotopic (exact) mass is 126 g/mol. The maximum Gasteiger partial charge on any atom is 0.208 e. The second kappa shape index (κ2) is 2.33. The minimum atomic E-state index is -0.583. The molecule has 0 spiro atoms. The summed E-state index contributed by atoms with van der Waals surface area (Å²) in [5, 5.41) is 0. The second-order valence-electron chi connectivity index (χ2n) is 1.85. The average Bonchev–Trinajstić information content (AvgIpc) is 2.36. The lowest BCUT2D eigenvalue weighted by atomic mass is 10.3. The van der Waals surface area contributed by atoms with Gasteiger partial charge in [0, 0.05) is 14.2 Å². The zero-order valence-corrected chi connectivity index (χ0v) is 5.63. The van der Waals surface area contributed by atoms with Crippen LogP contribution in [0.25, 0.3) is 0 Å². The molecule has 2 nitrogen and oxygen atoms in total. The van der Waals surface area contributed by atoms with Crippen LogP contribution in [0.2, 0.25) is 0 Å². The first-order valence-corrected chi connectivity index (χ1v) is 2.80. The predicted molar refractivity (Wildman–Crippen MR) is 35.0 cm³/mol. The van der Waals surface area contributed by atoms with Crippen LogP contribution in [0.4, 0.5) is 0 Å². The third-order valence-electron chi connectivity index (χ3n) is 1.41. The van der Waals surface area contributed by atoms with Crippen molar-refractivity contribution in [1.29, 1.82) is 0 Å². The van der Waals surface area contributed by atoms with E-state index in [1.54, 1.807) is 14.2 Å². The van der Waals surface area contributed by atoms with E-state index >= 15 is 0 Å². The summed E-state index contributed by atoms with van der Waals surface area (Å²) in [6, 6.07) is 0. The highest BCUT2D eigenvalue weighted by atomic mass is 16.7. The summed E-state index contributed by atoms with van der Waals surface area (Å²) in [4.78, 5) is 0. The quantitative estimate of drug-likeness (QED) is 0.516. The Labute approximate surface area is 54.8 Å². The summed E-state index contributed by atoms with van der Waals surface area (Å²) in [6.07, 6.45) is 7.50. The molecule has 0 N–H and O–H groups in total. The van der Waals surface area contributed by atoms with E-state index in [1.807, 2.05) is 24.3 Å². The van der Waals surface area contributed by atoms with Gasteiger partial charge in [-0.25, -0.2) is 0 Å². The van der Waals surface area contributed by atoms with Gasteiger partial charge >= 0.3 is 0 Å². The standard InChI is InChI=1S/C7H10O2/c1-8-7(9-2)5-3-4-6-7/h3-6H,1-2H3. The molecule has 50 valence electrons. The van der Waals surface area contributed by atoms with Gasteiger partial charge in [-0.2, -0.15) is 0 Å². The lowest BCUT2D eigenvalue weighted by Gasteiger charge is -2.20. The van der Waals surface area contributed by atoms with E-state index in [0.29, 0.717) is 0 Å². The van der Waals surface area contributed by atoms with Gasteiger partial charge in [-0.05, 0) is 12.2 Å². The maximum atomic E-state index is 5.05. The highest BCUT2D eigenvalue weighted by Crippen LogP contribution is 2.19. The van der Waals surface area contributed by atoms with E-state index in [9.17, 15) is 0 Å². The van der Waals surface area contributed by atoms with Crippen LogP contribution in [0.5, 0.6) is 0 Å². The summed E-state index contributed by atoms with van der Waals surface area (Å²) >= 11 is 0. The second-order valence-corrected chi connectivity index (χ2v) is 1.85. The molecule has 0 amide bonds. The van der Waals surface area contributed by atoms with Crippen LogP contribution in [0.3, 0.4) is 0 Å². The number of hydrogen-bond donors (Lipinski definition) is 0. The Balaban J connectivity index is 2.69. The molecule has 0 bridgehead atoms. The molecule has 0 saturated heterocycles. The Morgan fingerprint density at radius 3 is 1.67 bits per heavy atom. The summed E-state index contributed by atoms with van der Waals surface area (Å²) < 4.78 is 10.1. The Morgan fingerprint density at radius 2 is 1.44 bits per heavy atom. The van der Waals surface area contributed by atoms with Crippen molar-refractivity contribution in [3.63, 3.8) is 0 Å². The maximum absolute atomic E-state index is 5.05. The van der Waals surface area contributed by atoms with E-state index in [2.05, 4.69) is 0 Å². The van der Waals surface area contributed by atoms with Gasteiger partial charge in [-0.15, -0.1) is 0 Å². The molecule has 0 atom stereocenters. The van der Waals surface area contributed by atoms with Crippen LogP contribution in [0, 0.1) is 0 Å². The van der Waals surface area contributed by atoms with E-state index in [4.69, 9.17) is 9.47 Å². The van der Waals surface area contributed by atoms with Gasteiger partial charge in [-0.3, -0.25) is 0 Å². The van der Waals surface area contributed by atoms with Gasteiger partial charge in [-0.1, -0.05) is 12.2 Å². The van der Waals surface area contributed by atoms with Crippen molar-refractivity contribution in [3.8, 4) is 0 Å². The molecule has 9 heavy (non-hydrogen) atoms. The highest BCUT2D eigenvalue weighted by molar-refractivity contribution is 5.23. The van der Waals surface area contributed by atoms with Crippen molar-refractivity contribution in [2.24, 2.45) is 0 Å². The molecule has 0 aromatic rings. The first-order chi connectivity index (χ1) is 4.33. The lowest BCUT2D eigenvalue weighted by Crippen LogP contribution is -2.26. The third kappa shape index (κ3) is 1.04. The van der Waals surface area contributed by atoms with Crippen LogP contribution in [-0.4, -0.2) is 20.0 Å². The molecule has 0 saturated carbocycles. The van der Waals surface area contributed by atoms with Crippen LogP contribution in [-0.2, 0) is 9.47 Å². The zero-order valence-electron chi connectivity index (χ0n) is 5.63. The molecule has 1 rings (SSSR count). The van der Waals surface area contributed by atoms with E-state index < -0.39 is 5.79 Å². The molecule has 2 heteroatoms. The van der Waals surface area contributed by atoms with Crippen LogP contribution < -0.4 is 0 Å². The van der Waals surface area contributed by atoms with E-state index in [0.717, 1.165) is 0 Å². The van der Waals surface area contributed by atoms with Crippen LogP contribution in [0.15, 0.2) is 24.3 Å². The fraction of sp³-hybridized carbons (Fsp3) is 0.429. The average molecular weight is 126 g/mol. The fourth-order valence-corrected chi connectivity index (χ4v) is 0.790. The van der Waals surface area contributed by atoms with Crippen molar-refractivity contribution in [2.75, 3.05) is 14.2 Å². The minimum Gasteiger partial charge on any atom is -0.346 e. The lowest BCUT2D eigenvalue weighted by molar-refractivity contribution is -0.131. The molecule has 0 aromatic carbocycles. The Morgan fingerprint density at radius 1 is 1.00 bits per heavy atom. The van der Waals surface area contributed by atoms with Gasteiger partial charge in [0.25, 0.3) is 0 Å². The van der Waals surface area contributed by atoms with E-state index in [-0.39, 0.29) is 0 Å². The summed E-state index contributed by atoms with van der Waals surface area (Å²) in [5.74, 6) is -0.583. The van der Waals surface area contributed by atoms with Gasteiger partial charge < -0.3 is 9.47 Å². The molecule has 0 aromatic heterocycles. The molecule has 0 unspecified atom stereocenters. The van der Waals surface area contributed by atoms with Crippen molar-refractivity contribution in [2.45, 2.75) is 5.79 Å². The number of methoxy groups -OCH3 is 2. The summed E-state index contributed by atoms with van der Waals surface area (Å²) in [5.41, 5.74) is 0. The van der Waals surface area contributed by atoms with Gasteiger partial charge in [0.05, 0.1) is 0 Å².